The standard InChI is InChI=1S/C26H24F3N3O2S/c27-26(28,29)22-3-1-2-20(14-22)17-4-6-19(7-5-17)24(33)31-11-8-18(9-12-31)21-15-32(16-21)25(34)23-30-10-13-35-23/h1-7,10,13-14,18,21H,8-9,11-12,15-16H2. The highest BCUT2D eigenvalue weighted by Gasteiger charge is 2.39. The van der Waals surface area contributed by atoms with Crippen LogP contribution < -0.4 is 0 Å². The fourth-order valence-corrected chi connectivity index (χ4v) is 5.48. The lowest BCUT2D eigenvalue weighted by Crippen LogP contribution is -2.54. The maximum Gasteiger partial charge on any atom is 0.416 e. The van der Waals surface area contributed by atoms with Gasteiger partial charge >= 0.3 is 6.18 Å². The highest BCUT2D eigenvalue weighted by atomic mass is 32.1. The smallest absolute Gasteiger partial charge is 0.339 e. The van der Waals surface area contributed by atoms with E-state index in [-0.39, 0.29) is 11.8 Å². The number of hydrogen-bond acceptors (Lipinski definition) is 4. The summed E-state index contributed by atoms with van der Waals surface area (Å²) in [6.45, 7) is 2.81. The second kappa shape index (κ2) is 9.45. The van der Waals surface area contributed by atoms with Crippen LogP contribution in [0.15, 0.2) is 60.1 Å². The van der Waals surface area contributed by atoms with E-state index in [2.05, 4.69) is 4.98 Å². The molecule has 0 bridgehead atoms. The van der Waals surface area contributed by atoms with Gasteiger partial charge in [0.2, 0.25) is 0 Å². The summed E-state index contributed by atoms with van der Waals surface area (Å²) in [6, 6.07) is 11.9. The Morgan fingerprint density at radius 1 is 0.886 bits per heavy atom. The largest absolute Gasteiger partial charge is 0.416 e. The van der Waals surface area contributed by atoms with Crippen LogP contribution in [-0.4, -0.2) is 52.8 Å². The maximum absolute atomic E-state index is 13.0. The molecule has 5 nitrogen and oxygen atoms in total. The first-order chi connectivity index (χ1) is 16.8. The van der Waals surface area contributed by atoms with Crippen molar-refractivity contribution < 1.29 is 22.8 Å². The van der Waals surface area contributed by atoms with Crippen LogP contribution in [0.5, 0.6) is 0 Å². The summed E-state index contributed by atoms with van der Waals surface area (Å²) in [5, 5.41) is 2.33. The number of likely N-dealkylation sites (tertiary alicyclic amines) is 2. The molecule has 0 saturated carbocycles. The lowest BCUT2D eigenvalue weighted by Gasteiger charge is -2.45. The molecule has 182 valence electrons. The number of alkyl halides is 3. The predicted octanol–water partition coefficient (Wildman–Crippen LogP) is 5.45. The van der Waals surface area contributed by atoms with Crippen LogP contribution >= 0.6 is 11.3 Å². The van der Waals surface area contributed by atoms with Crippen LogP contribution in [0, 0.1) is 11.8 Å². The Labute approximate surface area is 205 Å². The number of carbonyl (C=O) groups excluding carboxylic acids is 2. The van der Waals surface area contributed by atoms with Crippen molar-refractivity contribution in [3.8, 4) is 11.1 Å². The minimum atomic E-state index is -4.40. The molecule has 3 aromatic rings. The van der Waals surface area contributed by atoms with Crippen molar-refractivity contribution in [1.29, 1.82) is 0 Å². The van der Waals surface area contributed by atoms with Crippen LogP contribution in [0.3, 0.4) is 0 Å². The van der Waals surface area contributed by atoms with Crippen LogP contribution in [0.25, 0.3) is 11.1 Å². The van der Waals surface area contributed by atoms with E-state index in [0.29, 0.717) is 46.6 Å². The summed E-state index contributed by atoms with van der Waals surface area (Å²) in [6.07, 6.45) is -0.955. The third-order valence-corrected chi connectivity index (χ3v) is 7.72. The van der Waals surface area contributed by atoms with E-state index < -0.39 is 11.7 Å². The van der Waals surface area contributed by atoms with Crippen molar-refractivity contribution in [3.05, 3.63) is 76.2 Å². The molecule has 1 aromatic heterocycles. The summed E-state index contributed by atoms with van der Waals surface area (Å²) in [7, 11) is 0. The third kappa shape index (κ3) is 4.96. The van der Waals surface area contributed by atoms with E-state index in [1.165, 1.54) is 17.4 Å². The number of amides is 2. The van der Waals surface area contributed by atoms with E-state index in [1.54, 1.807) is 41.9 Å². The number of hydrogen-bond donors (Lipinski definition) is 0. The minimum Gasteiger partial charge on any atom is -0.339 e. The first kappa shape index (κ1) is 23.5. The second-order valence-corrected chi connectivity index (χ2v) is 9.99. The topological polar surface area (TPSA) is 53.5 Å². The molecule has 2 aliphatic heterocycles. The van der Waals surface area contributed by atoms with E-state index in [1.807, 2.05) is 9.80 Å². The highest BCUT2D eigenvalue weighted by Crippen LogP contribution is 2.34. The molecular formula is C26H24F3N3O2S. The molecule has 0 unspecified atom stereocenters. The van der Waals surface area contributed by atoms with E-state index in [9.17, 15) is 22.8 Å². The van der Waals surface area contributed by atoms with Gasteiger partial charge in [-0.2, -0.15) is 13.2 Å². The third-order valence-electron chi connectivity index (χ3n) is 6.96. The molecule has 2 aliphatic rings. The lowest BCUT2D eigenvalue weighted by atomic mass is 9.79. The normalized spacial score (nSPS) is 17.3. The molecular weight excluding hydrogens is 475 g/mol. The zero-order valence-corrected chi connectivity index (χ0v) is 19.7. The molecule has 5 rings (SSSR count). The zero-order chi connectivity index (χ0) is 24.6. The number of halogens is 3. The van der Waals surface area contributed by atoms with Gasteiger partial charge < -0.3 is 9.80 Å². The Hall–Kier alpha value is -3.20. The van der Waals surface area contributed by atoms with Crippen molar-refractivity contribution in [2.75, 3.05) is 26.2 Å². The van der Waals surface area contributed by atoms with Gasteiger partial charge in [0.1, 0.15) is 0 Å². The van der Waals surface area contributed by atoms with Gasteiger partial charge in [-0.1, -0.05) is 24.3 Å². The zero-order valence-electron chi connectivity index (χ0n) is 18.9. The predicted molar refractivity (Wildman–Crippen MR) is 127 cm³/mol. The summed E-state index contributed by atoms with van der Waals surface area (Å²) in [5.41, 5.74) is 0.930. The van der Waals surface area contributed by atoms with E-state index >= 15 is 0 Å². The number of rotatable bonds is 4. The second-order valence-electron chi connectivity index (χ2n) is 9.09. The van der Waals surface area contributed by atoms with Crippen LogP contribution in [-0.2, 0) is 6.18 Å². The van der Waals surface area contributed by atoms with Crippen molar-refractivity contribution in [2.45, 2.75) is 19.0 Å². The van der Waals surface area contributed by atoms with Gasteiger partial charge in [-0.3, -0.25) is 9.59 Å². The number of aromatic nitrogens is 1. The van der Waals surface area contributed by atoms with Gasteiger partial charge in [0.05, 0.1) is 5.56 Å². The van der Waals surface area contributed by atoms with Gasteiger partial charge in [0.15, 0.2) is 5.01 Å². The molecule has 2 amide bonds. The molecule has 0 spiro atoms. The minimum absolute atomic E-state index is 0.00237. The van der Waals surface area contributed by atoms with Crippen molar-refractivity contribution >= 4 is 23.2 Å². The first-order valence-electron chi connectivity index (χ1n) is 11.6. The monoisotopic (exact) mass is 499 g/mol. The molecule has 2 aromatic carbocycles. The van der Waals surface area contributed by atoms with Gasteiger partial charge in [-0.25, -0.2) is 4.98 Å². The first-order valence-corrected chi connectivity index (χ1v) is 12.4. The Balaban J connectivity index is 1.14. The average molecular weight is 500 g/mol. The van der Waals surface area contributed by atoms with Gasteiger partial charge in [-0.05, 0) is 60.1 Å². The summed E-state index contributed by atoms with van der Waals surface area (Å²) >= 11 is 1.36. The van der Waals surface area contributed by atoms with E-state index in [4.69, 9.17) is 0 Å². The SMILES string of the molecule is O=C(c1ccc(-c2cccc(C(F)(F)F)c2)cc1)N1CCC(C2CN(C(=O)c3nccs3)C2)CC1. The van der Waals surface area contributed by atoms with Gasteiger partial charge in [-0.15, -0.1) is 11.3 Å². The van der Waals surface area contributed by atoms with Crippen molar-refractivity contribution in [3.63, 3.8) is 0 Å². The Morgan fingerprint density at radius 3 is 2.23 bits per heavy atom. The summed E-state index contributed by atoms with van der Waals surface area (Å²) in [4.78, 5) is 33.1. The Bertz CT molecular complexity index is 1200. The number of carbonyl (C=O) groups is 2. The molecule has 9 heteroatoms. The molecule has 2 saturated heterocycles. The molecule has 0 aliphatic carbocycles. The van der Waals surface area contributed by atoms with Crippen molar-refractivity contribution in [2.24, 2.45) is 11.8 Å². The molecule has 0 N–H and O–H groups in total. The van der Waals surface area contributed by atoms with Crippen LogP contribution in [0.2, 0.25) is 0 Å². The fraction of sp³-hybridized carbons (Fsp3) is 0.346. The molecule has 0 atom stereocenters. The quantitative estimate of drug-likeness (QED) is 0.480. The highest BCUT2D eigenvalue weighted by molar-refractivity contribution is 7.11. The van der Waals surface area contributed by atoms with Crippen LogP contribution in [0.1, 0.15) is 38.6 Å². The number of nitrogens with zero attached hydrogens (tertiary/aromatic N) is 3. The molecule has 3 heterocycles. The van der Waals surface area contributed by atoms with Gasteiger partial charge in [0.25, 0.3) is 11.8 Å². The van der Waals surface area contributed by atoms with Crippen molar-refractivity contribution in [1.82, 2.24) is 14.8 Å². The molecule has 35 heavy (non-hydrogen) atoms. The number of thiazole rings is 1. The number of piperidine rings is 1. The Morgan fingerprint density at radius 2 is 1.60 bits per heavy atom. The maximum atomic E-state index is 13.0. The average Bonchev–Trinajstić information content (AvgIpc) is 3.38. The van der Waals surface area contributed by atoms with Crippen LogP contribution in [0.4, 0.5) is 13.2 Å². The van der Waals surface area contributed by atoms with Gasteiger partial charge in [0, 0.05) is 43.3 Å². The van der Waals surface area contributed by atoms with E-state index in [0.717, 1.165) is 38.1 Å². The Kier molecular flexibility index (Phi) is 6.35. The fourth-order valence-electron chi connectivity index (χ4n) is 4.88. The lowest BCUT2D eigenvalue weighted by molar-refractivity contribution is -0.137. The molecule has 0 radical (unpaired) electrons. The number of benzene rings is 2. The molecule has 2 fully saturated rings. The summed E-state index contributed by atoms with van der Waals surface area (Å²) < 4.78 is 39.0. The summed E-state index contributed by atoms with van der Waals surface area (Å²) in [5.74, 6) is 0.885.